The van der Waals surface area contributed by atoms with Crippen LogP contribution in [-0.4, -0.2) is 55.9 Å². The Morgan fingerprint density at radius 2 is 1.56 bits per heavy atom. The van der Waals surface area contributed by atoms with Gasteiger partial charge in [0.25, 0.3) is 5.91 Å². The minimum Gasteiger partial charge on any atom is -0.448 e. The number of benzene rings is 4. The predicted octanol–water partition coefficient (Wildman–Crippen LogP) is 6.82. The molecule has 230 valence electrons. The third-order valence-electron chi connectivity index (χ3n) is 7.72. The summed E-state index contributed by atoms with van der Waals surface area (Å²) in [5, 5.41) is 6.43. The van der Waals surface area contributed by atoms with Crippen LogP contribution in [0.3, 0.4) is 0 Å². The molecular weight excluding hydrogens is 568 g/mol. The first kappa shape index (κ1) is 31.2. The van der Waals surface area contributed by atoms with Gasteiger partial charge in [0.05, 0.1) is 12.1 Å². The van der Waals surface area contributed by atoms with Crippen molar-refractivity contribution >= 4 is 41.3 Å². The van der Waals surface area contributed by atoms with Crippen LogP contribution in [0.5, 0.6) is 0 Å². The molecule has 0 unspecified atom stereocenters. The smallest absolute Gasteiger partial charge is 0.429 e. The van der Waals surface area contributed by atoms with Crippen molar-refractivity contribution in [1.82, 2.24) is 5.01 Å². The summed E-state index contributed by atoms with van der Waals surface area (Å²) >= 11 is 0. The van der Waals surface area contributed by atoms with E-state index in [0.717, 1.165) is 55.5 Å². The number of anilines is 3. The fourth-order valence-corrected chi connectivity index (χ4v) is 5.27. The molecule has 45 heavy (non-hydrogen) atoms. The van der Waals surface area contributed by atoms with E-state index in [-0.39, 0.29) is 24.8 Å². The summed E-state index contributed by atoms with van der Waals surface area (Å²) in [6, 6.07) is 30.9. The summed E-state index contributed by atoms with van der Waals surface area (Å²) in [5.74, 6) is -0.613. The molecule has 0 radical (unpaired) electrons. The van der Waals surface area contributed by atoms with Gasteiger partial charge in [-0.3, -0.25) is 14.4 Å². The zero-order valence-electron chi connectivity index (χ0n) is 25.2. The topological polar surface area (TPSA) is 99.3 Å². The standard InChI is InChI=1S/C36H36N4O5/c1-38(31-14-10-13-29(25-31)35(43)37-30-19-17-27(26-41)18-20-30)34(42)21-24-45-36(44)40(39-22-8-3-9-23-39)33-16-7-6-15-32(33)28-11-4-2-5-12-28/h2,4-7,10-20,25-26H,3,8-9,21-24H2,1H3,(H,37,43). The molecule has 0 aliphatic carbocycles. The Bertz CT molecular complexity index is 1640. The first-order valence-electron chi connectivity index (χ1n) is 15.0. The van der Waals surface area contributed by atoms with Crippen LogP contribution < -0.4 is 15.2 Å². The fourth-order valence-electron chi connectivity index (χ4n) is 5.27. The maximum Gasteiger partial charge on any atom is 0.429 e. The lowest BCUT2D eigenvalue weighted by atomic mass is 10.0. The van der Waals surface area contributed by atoms with E-state index in [1.54, 1.807) is 60.6 Å². The van der Waals surface area contributed by atoms with E-state index < -0.39 is 6.09 Å². The molecule has 1 saturated heterocycles. The lowest BCUT2D eigenvalue weighted by molar-refractivity contribution is -0.118. The summed E-state index contributed by atoms with van der Waals surface area (Å²) in [4.78, 5) is 51.9. The third kappa shape index (κ3) is 7.82. The lowest BCUT2D eigenvalue weighted by Gasteiger charge is -2.37. The van der Waals surface area contributed by atoms with E-state index in [2.05, 4.69) is 5.32 Å². The van der Waals surface area contributed by atoms with Gasteiger partial charge in [-0.25, -0.2) is 14.8 Å². The van der Waals surface area contributed by atoms with Crippen molar-refractivity contribution < 1.29 is 23.9 Å². The van der Waals surface area contributed by atoms with Crippen LogP contribution in [0.15, 0.2) is 103 Å². The van der Waals surface area contributed by atoms with Gasteiger partial charge in [0.2, 0.25) is 5.91 Å². The largest absolute Gasteiger partial charge is 0.448 e. The van der Waals surface area contributed by atoms with Gasteiger partial charge < -0.3 is 15.0 Å². The van der Waals surface area contributed by atoms with Crippen molar-refractivity contribution in [3.8, 4) is 11.1 Å². The molecule has 0 aromatic heterocycles. The summed E-state index contributed by atoms with van der Waals surface area (Å²) < 4.78 is 5.72. The van der Waals surface area contributed by atoms with Gasteiger partial charge >= 0.3 is 6.09 Å². The molecule has 0 bridgehead atoms. The van der Waals surface area contributed by atoms with Gasteiger partial charge in [-0.05, 0) is 66.9 Å². The van der Waals surface area contributed by atoms with Gasteiger partial charge in [-0.15, -0.1) is 0 Å². The molecule has 9 heteroatoms. The summed E-state index contributed by atoms with van der Waals surface area (Å²) in [6.07, 6.45) is 3.23. The molecular formula is C36H36N4O5. The summed E-state index contributed by atoms with van der Waals surface area (Å²) in [5.41, 5.74) is 4.59. The van der Waals surface area contributed by atoms with Crippen molar-refractivity contribution in [2.45, 2.75) is 25.7 Å². The highest BCUT2D eigenvalue weighted by Crippen LogP contribution is 2.33. The van der Waals surface area contributed by atoms with Crippen LogP contribution >= 0.6 is 0 Å². The number of aldehydes is 1. The second-order valence-corrected chi connectivity index (χ2v) is 10.8. The molecule has 1 N–H and O–H groups in total. The molecule has 1 aliphatic rings. The Morgan fingerprint density at radius 3 is 2.29 bits per heavy atom. The Morgan fingerprint density at radius 1 is 0.844 bits per heavy atom. The Balaban J connectivity index is 1.23. The molecule has 0 atom stereocenters. The van der Waals surface area contributed by atoms with E-state index in [1.165, 1.54) is 4.90 Å². The molecule has 4 aromatic rings. The molecule has 1 aliphatic heterocycles. The molecule has 5 rings (SSSR count). The lowest BCUT2D eigenvalue weighted by Crippen LogP contribution is -2.49. The van der Waals surface area contributed by atoms with Gasteiger partial charge in [0.15, 0.2) is 0 Å². The maximum atomic E-state index is 13.6. The second kappa shape index (κ2) is 14.9. The first-order chi connectivity index (χ1) is 21.9. The molecule has 0 spiro atoms. The normalized spacial score (nSPS) is 13.0. The highest BCUT2D eigenvalue weighted by molar-refractivity contribution is 6.05. The summed E-state index contributed by atoms with van der Waals surface area (Å²) in [7, 11) is 1.62. The number of nitrogens with zero attached hydrogens (tertiary/aromatic N) is 3. The monoisotopic (exact) mass is 604 g/mol. The minimum atomic E-state index is -0.532. The number of amides is 3. The molecule has 1 fully saturated rings. The van der Waals surface area contributed by atoms with Gasteiger partial charge in [0.1, 0.15) is 12.9 Å². The number of hydrogen-bond acceptors (Lipinski definition) is 6. The van der Waals surface area contributed by atoms with E-state index in [9.17, 15) is 19.2 Å². The van der Waals surface area contributed by atoms with E-state index >= 15 is 0 Å². The number of hydrogen-bond donors (Lipinski definition) is 1. The average Bonchev–Trinajstić information content (AvgIpc) is 3.09. The van der Waals surface area contributed by atoms with Crippen LogP contribution in [0.4, 0.5) is 21.9 Å². The van der Waals surface area contributed by atoms with Crippen LogP contribution in [0.2, 0.25) is 0 Å². The van der Waals surface area contributed by atoms with E-state index in [1.807, 2.05) is 59.6 Å². The highest BCUT2D eigenvalue weighted by atomic mass is 16.6. The molecule has 1 heterocycles. The number of para-hydroxylation sites is 1. The first-order valence-corrected chi connectivity index (χ1v) is 15.0. The van der Waals surface area contributed by atoms with Gasteiger partial charge in [-0.1, -0.05) is 61.0 Å². The maximum absolute atomic E-state index is 13.6. The molecule has 0 saturated carbocycles. The van der Waals surface area contributed by atoms with Crippen molar-refractivity contribution in [3.05, 3.63) is 114 Å². The number of carbonyl (C=O) groups excluding carboxylic acids is 4. The van der Waals surface area contributed by atoms with E-state index in [4.69, 9.17) is 4.74 Å². The van der Waals surface area contributed by atoms with Gasteiger partial charge in [-0.2, -0.15) is 0 Å². The number of carbonyl (C=O) groups is 4. The number of rotatable bonds is 10. The van der Waals surface area contributed by atoms with Crippen molar-refractivity contribution in [3.63, 3.8) is 0 Å². The average molecular weight is 605 g/mol. The van der Waals surface area contributed by atoms with Gasteiger partial charge in [0, 0.05) is 48.2 Å². The van der Waals surface area contributed by atoms with Crippen molar-refractivity contribution in [1.29, 1.82) is 0 Å². The Kier molecular flexibility index (Phi) is 10.3. The minimum absolute atomic E-state index is 0.0318. The number of ether oxygens (including phenoxy) is 1. The predicted molar refractivity (Wildman–Crippen MR) is 175 cm³/mol. The molecule has 9 nitrogen and oxygen atoms in total. The number of hydrazine groups is 1. The highest BCUT2D eigenvalue weighted by Gasteiger charge is 2.28. The fraction of sp³-hybridized carbons (Fsp3) is 0.222. The third-order valence-corrected chi connectivity index (χ3v) is 7.72. The van der Waals surface area contributed by atoms with Crippen LogP contribution in [0.1, 0.15) is 46.4 Å². The van der Waals surface area contributed by atoms with Crippen LogP contribution in [0, 0.1) is 0 Å². The van der Waals surface area contributed by atoms with Crippen molar-refractivity contribution in [2.24, 2.45) is 0 Å². The quantitative estimate of drug-likeness (QED) is 0.200. The SMILES string of the molecule is CN(C(=O)CCOC(=O)N(c1ccccc1-c1ccccc1)N1CCCCC1)c1cccc(C(=O)Nc2ccc(C=O)cc2)c1. The number of nitrogens with one attached hydrogen (secondary N) is 1. The molecule has 3 amide bonds. The second-order valence-electron chi connectivity index (χ2n) is 10.8. The number of piperidine rings is 1. The Hall–Kier alpha value is -5.28. The van der Waals surface area contributed by atoms with E-state index in [0.29, 0.717) is 22.5 Å². The Labute approximate surface area is 263 Å². The zero-order valence-corrected chi connectivity index (χ0v) is 25.2. The van der Waals surface area contributed by atoms with Crippen LogP contribution in [-0.2, 0) is 9.53 Å². The zero-order chi connectivity index (χ0) is 31.6. The van der Waals surface area contributed by atoms with Crippen molar-refractivity contribution in [2.75, 3.05) is 42.0 Å². The summed E-state index contributed by atoms with van der Waals surface area (Å²) in [6.45, 7) is 1.36. The van der Waals surface area contributed by atoms with Crippen LogP contribution in [0.25, 0.3) is 11.1 Å². The molecule has 4 aromatic carbocycles.